The van der Waals surface area contributed by atoms with Crippen molar-refractivity contribution in [2.45, 2.75) is 30.9 Å². The van der Waals surface area contributed by atoms with E-state index in [0.717, 1.165) is 17.3 Å². The van der Waals surface area contributed by atoms with Crippen LogP contribution in [0.1, 0.15) is 19.4 Å². The van der Waals surface area contributed by atoms with Crippen LogP contribution in [0.25, 0.3) is 0 Å². The molecule has 1 N–H and O–H groups in total. The Morgan fingerprint density at radius 1 is 1.04 bits per heavy atom. The topological polar surface area (TPSA) is 47.6 Å². The first-order valence-electron chi connectivity index (χ1n) is 8.31. The Morgan fingerprint density at radius 2 is 1.68 bits per heavy atom. The first-order valence-corrected chi connectivity index (χ1v) is 9.36. The lowest BCUT2D eigenvalue weighted by molar-refractivity contribution is -0.121. The predicted molar refractivity (Wildman–Crippen MR) is 103 cm³/mol. The van der Waals surface area contributed by atoms with Gasteiger partial charge in [0.15, 0.2) is 0 Å². The number of ether oxygens (including phenoxy) is 2. The molecule has 0 aliphatic carbocycles. The molecule has 134 valence electrons. The minimum atomic E-state index is -0.108. The van der Waals surface area contributed by atoms with E-state index in [0.29, 0.717) is 6.61 Å². The largest absolute Gasteiger partial charge is 0.497 e. The minimum absolute atomic E-state index is 0.0340. The Bertz CT molecular complexity index is 646. The van der Waals surface area contributed by atoms with Crippen LogP contribution in [0, 0.1) is 0 Å². The van der Waals surface area contributed by atoms with Crippen molar-refractivity contribution in [2.75, 3.05) is 13.7 Å². The highest BCUT2D eigenvalue weighted by molar-refractivity contribution is 7.99. The number of thioether (sulfide) groups is 1. The molecule has 2 aromatic rings. The van der Waals surface area contributed by atoms with E-state index < -0.39 is 0 Å². The summed E-state index contributed by atoms with van der Waals surface area (Å²) in [7, 11) is 1.63. The molecule has 5 heteroatoms. The lowest BCUT2D eigenvalue weighted by atomic mass is 10.2. The number of hydrogen-bond acceptors (Lipinski definition) is 4. The molecular formula is C20H25NO3S. The minimum Gasteiger partial charge on any atom is -0.497 e. The van der Waals surface area contributed by atoms with Gasteiger partial charge >= 0.3 is 0 Å². The van der Waals surface area contributed by atoms with Crippen LogP contribution in [0.4, 0.5) is 0 Å². The van der Waals surface area contributed by atoms with Crippen molar-refractivity contribution in [1.82, 2.24) is 5.32 Å². The van der Waals surface area contributed by atoms with Crippen LogP contribution in [-0.4, -0.2) is 30.9 Å². The van der Waals surface area contributed by atoms with E-state index >= 15 is 0 Å². The third-order valence-corrected chi connectivity index (χ3v) is 4.87. The maximum atomic E-state index is 12.3. The molecule has 1 amide bonds. The molecular weight excluding hydrogens is 334 g/mol. The summed E-state index contributed by atoms with van der Waals surface area (Å²) in [6.07, 6.45) is 0. The van der Waals surface area contributed by atoms with Gasteiger partial charge in [-0.05, 0) is 43.7 Å². The van der Waals surface area contributed by atoms with Gasteiger partial charge in [0.25, 0.3) is 0 Å². The van der Waals surface area contributed by atoms with E-state index in [9.17, 15) is 4.79 Å². The van der Waals surface area contributed by atoms with Crippen LogP contribution in [0.5, 0.6) is 11.5 Å². The van der Waals surface area contributed by atoms with Crippen LogP contribution in [-0.2, 0) is 10.5 Å². The molecule has 0 aliphatic heterocycles. The summed E-state index contributed by atoms with van der Waals surface area (Å²) >= 11 is 1.63. The van der Waals surface area contributed by atoms with E-state index in [-0.39, 0.29) is 17.2 Å². The fourth-order valence-electron chi connectivity index (χ4n) is 2.17. The summed E-state index contributed by atoms with van der Waals surface area (Å²) in [6.45, 7) is 4.30. The van der Waals surface area contributed by atoms with E-state index in [2.05, 4.69) is 17.4 Å². The standard InChI is InChI=1S/C20H25NO3S/c1-15(13-24-19-11-9-18(23-3)10-12-19)21-20(22)16(2)25-14-17-7-5-4-6-8-17/h4-12,15-16H,13-14H2,1-3H3,(H,21,22)/t15-,16-/m1/s1. The zero-order valence-corrected chi connectivity index (χ0v) is 15.7. The van der Waals surface area contributed by atoms with Crippen LogP contribution in [0.15, 0.2) is 54.6 Å². The lowest BCUT2D eigenvalue weighted by Gasteiger charge is -2.18. The molecule has 2 rings (SSSR count). The smallest absolute Gasteiger partial charge is 0.233 e. The monoisotopic (exact) mass is 359 g/mol. The molecule has 0 unspecified atom stereocenters. The summed E-state index contributed by atoms with van der Waals surface area (Å²) in [5.41, 5.74) is 1.23. The van der Waals surface area contributed by atoms with Crippen molar-refractivity contribution >= 4 is 17.7 Å². The summed E-state index contributed by atoms with van der Waals surface area (Å²) in [6, 6.07) is 17.5. The normalized spacial score (nSPS) is 12.9. The summed E-state index contributed by atoms with van der Waals surface area (Å²) < 4.78 is 10.8. The van der Waals surface area contributed by atoms with E-state index in [1.807, 2.05) is 56.3 Å². The van der Waals surface area contributed by atoms with Crippen LogP contribution in [0.2, 0.25) is 0 Å². The van der Waals surface area contributed by atoms with Crippen molar-refractivity contribution in [3.05, 3.63) is 60.2 Å². The molecule has 0 spiro atoms. The number of rotatable bonds is 9. The molecule has 25 heavy (non-hydrogen) atoms. The predicted octanol–water partition coefficient (Wildman–Crippen LogP) is 3.90. The number of benzene rings is 2. The molecule has 0 radical (unpaired) electrons. The Kier molecular flexibility index (Phi) is 7.67. The van der Waals surface area contributed by atoms with Gasteiger partial charge in [-0.2, -0.15) is 0 Å². The number of amides is 1. The third-order valence-electron chi connectivity index (χ3n) is 3.66. The average Bonchev–Trinajstić information content (AvgIpc) is 2.65. The molecule has 2 atom stereocenters. The summed E-state index contributed by atoms with van der Waals surface area (Å²) in [5, 5.41) is 2.89. The fraction of sp³-hybridized carbons (Fsp3) is 0.350. The molecule has 0 saturated heterocycles. The van der Waals surface area contributed by atoms with Crippen molar-refractivity contribution in [1.29, 1.82) is 0 Å². The van der Waals surface area contributed by atoms with Gasteiger partial charge in [0.05, 0.1) is 18.4 Å². The quantitative estimate of drug-likeness (QED) is 0.738. The second-order valence-electron chi connectivity index (χ2n) is 5.84. The number of carbonyl (C=O) groups is 1. The first kappa shape index (κ1) is 19.2. The van der Waals surface area contributed by atoms with Gasteiger partial charge in [-0.25, -0.2) is 0 Å². The average molecular weight is 359 g/mol. The Labute approximate surface area is 153 Å². The Hall–Kier alpha value is -2.14. The molecule has 0 aromatic heterocycles. The van der Waals surface area contributed by atoms with Crippen molar-refractivity contribution < 1.29 is 14.3 Å². The van der Waals surface area contributed by atoms with Crippen LogP contribution >= 0.6 is 11.8 Å². The van der Waals surface area contributed by atoms with E-state index in [4.69, 9.17) is 9.47 Å². The van der Waals surface area contributed by atoms with Crippen molar-refractivity contribution in [2.24, 2.45) is 0 Å². The third kappa shape index (κ3) is 6.70. The lowest BCUT2D eigenvalue weighted by Crippen LogP contribution is -2.40. The highest BCUT2D eigenvalue weighted by Crippen LogP contribution is 2.18. The highest BCUT2D eigenvalue weighted by atomic mass is 32.2. The molecule has 4 nitrogen and oxygen atoms in total. The molecule has 2 aromatic carbocycles. The summed E-state index contributed by atoms with van der Waals surface area (Å²) in [5.74, 6) is 2.41. The molecule has 0 aliphatic rings. The first-order chi connectivity index (χ1) is 12.1. The number of hydrogen-bond donors (Lipinski definition) is 1. The molecule has 0 heterocycles. The van der Waals surface area contributed by atoms with E-state index in [1.54, 1.807) is 18.9 Å². The highest BCUT2D eigenvalue weighted by Gasteiger charge is 2.16. The Morgan fingerprint density at radius 3 is 2.32 bits per heavy atom. The fourth-order valence-corrected chi connectivity index (χ4v) is 3.02. The molecule has 0 bridgehead atoms. The van der Waals surface area contributed by atoms with Gasteiger partial charge in [-0.15, -0.1) is 11.8 Å². The Balaban J connectivity index is 1.71. The van der Waals surface area contributed by atoms with E-state index in [1.165, 1.54) is 5.56 Å². The zero-order chi connectivity index (χ0) is 18.1. The number of carbonyl (C=O) groups excluding carboxylic acids is 1. The van der Waals surface area contributed by atoms with Crippen molar-refractivity contribution in [3.63, 3.8) is 0 Å². The maximum Gasteiger partial charge on any atom is 0.233 e. The van der Waals surface area contributed by atoms with Crippen molar-refractivity contribution in [3.8, 4) is 11.5 Å². The van der Waals surface area contributed by atoms with Gasteiger partial charge in [-0.3, -0.25) is 4.79 Å². The van der Waals surface area contributed by atoms with Gasteiger partial charge in [0, 0.05) is 5.75 Å². The van der Waals surface area contributed by atoms with Gasteiger partial charge < -0.3 is 14.8 Å². The number of nitrogens with one attached hydrogen (secondary N) is 1. The van der Waals surface area contributed by atoms with Gasteiger partial charge in [0.1, 0.15) is 18.1 Å². The second-order valence-corrected chi connectivity index (χ2v) is 7.16. The van der Waals surface area contributed by atoms with Crippen LogP contribution < -0.4 is 14.8 Å². The molecule has 0 saturated carbocycles. The maximum absolute atomic E-state index is 12.3. The number of methoxy groups -OCH3 is 1. The SMILES string of the molecule is COc1ccc(OC[C@@H](C)NC(=O)[C@@H](C)SCc2ccccc2)cc1. The second kappa shape index (κ2) is 9.99. The van der Waals surface area contributed by atoms with Gasteiger partial charge in [-0.1, -0.05) is 30.3 Å². The van der Waals surface area contributed by atoms with Gasteiger partial charge in [0.2, 0.25) is 5.91 Å². The molecule has 0 fully saturated rings. The van der Waals surface area contributed by atoms with Crippen LogP contribution in [0.3, 0.4) is 0 Å². The zero-order valence-electron chi connectivity index (χ0n) is 14.9. The summed E-state index contributed by atoms with van der Waals surface area (Å²) in [4.78, 5) is 12.3.